The smallest absolute Gasteiger partial charge is 0.232 e. The second-order valence-corrected chi connectivity index (χ2v) is 8.21. The van der Waals surface area contributed by atoms with Gasteiger partial charge in [-0.25, -0.2) is 4.98 Å². The molecule has 0 saturated heterocycles. The zero-order chi connectivity index (χ0) is 19.6. The highest BCUT2D eigenvalue weighted by Crippen LogP contribution is 2.42. The molecule has 5 heteroatoms. The number of rotatable bonds is 5. The molecule has 1 amide bonds. The summed E-state index contributed by atoms with van der Waals surface area (Å²) in [6.45, 7) is 3.97. The normalized spacial score (nSPS) is 12.6. The monoisotopic (exact) mass is 387 g/mol. The first-order chi connectivity index (χ1) is 13.6. The van der Waals surface area contributed by atoms with E-state index in [1.165, 1.54) is 11.3 Å². The van der Waals surface area contributed by atoms with E-state index in [1.807, 2.05) is 49.6 Å². The Kier molecular flexibility index (Phi) is 4.92. The number of anilines is 1. The highest BCUT2D eigenvalue weighted by Gasteiger charge is 2.39. The van der Waals surface area contributed by atoms with Crippen molar-refractivity contribution in [3.05, 3.63) is 89.6 Å². The molecule has 0 aliphatic carbocycles. The minimum atomic E-state index is -0.692. The Balaban J connectivity index is 1.79. The SMILES string of the molecule is CC(C)(C(=O)Nc1nccs1)C(c1ccccc1)c1ccc2ncccc2c1. The number of carbonyl (C=O) groups is 1. The fourth-order valence-electron chi connectivity index (χ4n) is 3.62. The molecule has 2 aromatic carbocycles. The van der Waals surface area contributed by atoms with Crippen LogP contribution in [0.5, 0.6) is 0 Å². The van der Waals surface area contributed by atoms with Gasteiger partial charge in [-0.15, -0.1) is 11.3 Å². The topological polar surface area (TPSA) is 54.9 Å². The van der Waals surface area contributed by atoms with E-state index in [0.29, 0.717) is 5.13 Å². The number of aromatic nitrogens is 2. The minimum Gasteiger partial charge on any atom is -0.301 e. The van der Waals surface area contributed by atoms with Crippen molar-refractivity contribution in [2.45, 2.75) is 19.8 Å². The van der Waals surface area contributed by atoms with Crippen molar-refractivity contribution in [2.75, 3.05) is 5.32 Å². The molecule has 4 aromatic rings. The molecule has 0 saturated carbocycles. The van der Waals surface area contributed by atoms with Crippen LogP contribution in [0.4, 0.5) is 5.13 Å². The molecule has 28 heavy (non-hydrogen) atoms. The van der Waals surface area contributed by atoms with Gasteiger partial charge in [0.25, 0.3) is 0 Å². The number of carbonyl (C=O) groups excluding carboxylic acids is 1. The summed E-state index contributed by atoms with van der Waals surface area (Å²) < 4.78 is 0. The van der Waals surface area contributed by atoms with Gasteiger partial charge < -0.3 is 5.32 Å². The minimum absolute atomic E-state index is 0.0532. The number of pyridine rings is 1. The predicted molar refractivity (Wildman–Crippen MR) is 115 cm³/mol. The van der Waals surface area contributed by atoms with E-state index in [-0.39, 0.29) is 11.8 Å². The number of amides is 1. The van der Waals surface area contributed by atoms with Crippen molar-refractivity contribution in [3.8, 4) is 0 Å². The lowest BCUT2D eigenvalue weighted by Gasteiger charge is -2.34. The van der Waals surface area contributed by atoms with E-state index >= 15 is 0 Å². The number of hydrogen-bond donors (Lipinski definition) is 1. The third-order valence-corrected chi connectivity index (χ3v) is 5.74. The van der Waals surface area contributed by atoms with Gasteiger partial charge in [-0.1, -0.05) is 56.3 Å². The lowest BCUT2D eigenvalue weighted by Crippen LogP contribution is -2.37. The molecule has 1 unspecified atom stereocenters. The van der Waals surface area contributed by atoms with Gasteiger partial charge in [0.1, 0.15) is 0 Å². The first-order valence-electron chi connectivity index (χ1n) is 9.16. The highest BCUT2D eigenvalue weighted by atomic mass is 32.1. The summed E-state index contributed by atoms with van der Waals surface area (Å²) in [7, 11) is 0. The predicted octanol–water partition coefficient (Wildman–Crippen LogP) is 5.49. The van der Waals surface area contributed by atoms with Gasteiger partial charge in [-0.2, -0.15) is 0 Å². The maximum atomic E-state index is 13.2. The summed E-state index contributed by atoms with van der Waals surface area (Å²) in [5, 5.41) is 6.52. The number of nitrogens with one attached hydrogen (secondary N) is 1. The van der Waals surface area contributed by atoms with Crippen LogP contribution in [0.2, 0.25) is 0 Å². The van der Waals surface area contributed by atoms with Crippen molar-refractivity contribution in [2.24, 2.45) is 5.41 Å². The molecule has 4 nitrogen and oxygen atoms in total. The van der Waals surface area contributed by atoms with Crippen LogP contribution in [-0.4, -0.2) is 15.9 Å². The van der Waals surface area contributed by atoms with Gasteiger partial charge in [0.05, 0.1) is 10.9 Å². The van der Waals surface area contributed by atoms with E-state index in [0.717, 1.165) is 22.0 Å². The summed E-state index contributed by atoms with van der Waals surface area (Å²) in [6, 6.07) is 20.4. The van der Waals surface area contributed by atoms with Crippen molar-refractivity contribution in [1.82, 2.24) is 9.97 Å². The van der Waals surface area contributed by atoms with Crippen molar-refractivity contribution in [1.29, 1.82) is 0 Å². The molecule has 1 atom stereocenters. The van der Waals surface area contributed by atoms with Crippen LogP contribution in [-0.2, 0) is 4.79 Å². The van der Waals surface area contributed by atoms with E-state index in [2.05, 4.69) is 45.6 Å². The standard InChI is InChI=1S/C23H21N3OS/c1-23(2,21(27)26-22-25-13-14-28-22)20(16-7-4-3-5-8-16)18-10-11-19-17(15-18)9-6-12-24-19/h3-15,20H,1-2H3,(H,25,26,27). The second kappa shape index (κ2) is 7.52. The quantitative estimate of drug-likeness (QED) is 0.493. The molecule has 0 fully saturated rings. The van der Waals surface area contributed by atoms with Crippen LogP contribution in [0.15, 0.2) is 78.4 Å². The zero-order valence-corrected chi connectivity index (χ0v) is 16.6. The maximum Gasteiger partial charge on any atom is 0.232 e. The maximum absolute atomic E-state index is 13.2. The molecular weight excluding hydrogens is 366 g/mol. The Labute approximate surface area is 168 Å². The molecule has 1 N–H and O–H groups in total. The summed E-state index contributed by atoms with van der Waals surface area (Å²) in [5.74, 6) is -0.166. The van der Waals surface area contributed by atoms with Crippen LogP contribution >= 0.6 is 11.3 Å². The van der Waals surface area contributed by atoms with Crippen molar-refractivity contribution >= 4 is 33.3 Å². The number of benzene rings is 2. The van der Waals surface area contributed by atoms with Crippen molar-refractivity contribution < 1.29 is 4.79 Å². The molecule has 2 aromatic heterocycles. The van der Waals surface area contributed by atoms with E-state index in [1.54, 1.807) is 12.4 Å². The summed E-state index contributed by atoms with van der Waals surface area (Å²) in [4.78, 5) is 21.8. The number of thiazole rings is 1. The van der Waals surface area contributed by atoms with Crippen LogP contribution in [0, 0.1) is 5.41 Å². The van der Waals surface area contributed by atoms with E-state index in [4.69, 9.17) is 0 Å². The molecule has 0 aliphatic heterocycles. The van der Waals surface area contributed by atoms with Gasteiger partial charge in [0.2, 0.25) is 5.91 Å². The van der Waals surface area contributed by atoms with Gasteiger partial charge in [0.15, 0.2) is 5.13 Å². The van der Waals surface area contributed by atoms with Crippen LogP contribution in [0.25, 0.3) is 10.9 Å². The highest BCUT2D eigenvalue weighted by molar-refractivity contribution is 7.13. The second-order valence-electron chi connectivity index (χ2n) is 7.31. The molecule has 0 bridgehead atoms. The summed E-state index contributed by atoms with van der Waals surface area (Å²) in [5.41, 5.74) is 2.45. The Morgan fingerprint density at radius 1 is 0.964 bits per heavy atom. The third-order valence-electron chi connectivity index (χ3n) is 5.05. The third kappa shape index (κ3) is 3.53. The molecule has 4 rings (SSSR count). The number of hydrogen-bond acceptors (Lipinski definition) is 4. The summed E-state index contributed by atoms with van der Waals surface area (Å²) >= 11 is 1.42. The van der Waals surface area contributed by atoms with Gasteiger partial charge >= 0.3 is 0 Å². The molecule has 0 spiro atoms. The van der Waals surface area contributed by atoms with Crippen LogP contribution in [0.3, 0.4) is 0 Å². The van der Waals surface area contributed by atoms with Crippen molar-refractivity contribution in [3.63, 3.8) is 0 Å². The molecular formula is C23H21N3OS. The largest absolute Gasteiger partial charge is 0.301 e. The Morgan fingerprint density at radius 2 is 1.79 bits per heavy atom. The number of fused-ring (bicyclic) bond motifs is 1. The molecule has 0 radical (unpaired) electrons. The molecule has 2 heterocycles. The van der Waals surface area contributed by atoms with Gasteiger partial charge in [0, 0.05) is 29.1 Å². The van der Waals surface area contributed by atoms with Gasteiger partial charge in [-0.3, -0.25) is 9.78 Å². The average molecular weight is 388 g/mol. The number of nitrogens with zero attached hydrogens (tertiary/aromatic N) is 2. The van der Waals surface area contributed by atoms with E-state index < -0.39 is 5.41 Å². The van der Waals surface area contributed by atoms with Crippen LogP contribution < -0.4 is 5.32 Å². The first kappa shape index (κ1) is 18.3. The van der Waals surface area contributed by atoms with Gasteiger partial charge in [-0.05, 0) is 29.3 Å². The average Bonchev–Trinajstić information content (AvgIpc) is 3.22. The lowest BCUT2D eigenvalue weighted by molar-refractivity contribution is -0.124. The fraction of sp³-hybridized carbons (Fsp3) is 0.174. The fourth-order valence-corrected chi connectivity index (χ4v) is 4.14. The molecule has 0 aliphatic rings. The first-order valence-corrected chi connectivity index (χ1v) is 10.0. The lowest BCUT2D eigenvalue weighted by atomic mass is 9.70. The Bertz CT molecular complexity index is 1090. The Morgan fingerprint density at radius 3 is 2.54 bits per heavy atom. The zero-order valence-electron chi connectivity index (χ0n) is 15.8. The Hall–Kier alpha value is -3.05. The van der Waals surface area contributed by atoms with E-state index in [9.17, 15) is 4.79 Å². The van der Waals surface area contributed by atoms with Crippen LogP contribution in [0.1, 0.15) is 30.9 Å². The molecule has 140 valence electrons. The summed E-state index contributed by atoms with van der Waals surface area (Å²) in [6.07, 6.45) is 3.49.